The van der Waals surface area contributed by atoms with Crippen LogP contribution in [-0.4, -0.2) is 35.1 Å². The van der Waals surface area contributed by atoms with E-state index in [9.17, 15) is 14.4 Å². The zero-order valence-electron chi connectivity index (χ0n) is 10.3. The van der Waals surface area contributed by atoms with E-state index in [-0.39, 0.29) is 18.8 Å². The molecule has 8 nitrogen and oxygen atoms in total. The van der Waals surface area contributed by atoms with Gasteiger partial charge in [-0.3, -0.25) is 4.79 Å². The predicted octanol–water partition coefficient (Wildman–Crippen LogP) is -0.837. The van der Waals surface area contributed by atoms with Gasteiger partial charge in [0.2, 0.25) is 0 Å². The van der Waals surface area contributed by atoms with Crippen LogP contribution in [0.15, 0.2) is 0 Å². The largest absolute Gasteiger partial charge is 0.481 e. The predicted molar refractivity (Wildman–Crippen MR) is 59.8 cm³/mol. The van der Waals surface area contributed by atoms with Crippen LogP contribution in [0.4, 0.5) is 0 Å². The zero-order valence-corrected chi connectivity index (χ0v) is 10.3. The van der Waals surface area contributed by atoms with Crippen LogP contribution in [0.5, 0.6) is 0 Å². The molecule has 8 heteroatoms. The van der Waals surface area contributed by atoms with Crippen LogP contribution in [0.2, 0.25) is 0 Å². The molecule has 0 saturated carbocycles. The molecule has 1 unspecified atom stereocenters. The number of nitrogens with two attached hydrogens (primary N) is 2. The summed E-state index contributed by atoms with van der Waals surface area (Å²) in [4.78, 5) is 41.1. The minimum atomic E-state index is -1.16. The number of carboxylic acids is 1. The average molecular weight is 262 g/mol. The Morgan fingerprint density at radius 3 is 2.06 bits per heavy atom. The van der Waals surface area contributed by atoms with Gasteiger partial charge in [-0.25, -0.2) is 19.4 Å². The van der Waals surface area contributed by atoms with Crippen molar-refractivity contribution in [3.05, 3.63) is 0 Å². The van der Waals surface area contributed by atoms with Crippen molar-refractivity contribution in [1.29, 1.82) is 0 Å². The molecule has 0 aliphatic carbocycles. The third kappa shape index (κ3) is 6.16. The summed E-state index contributed by atoms with van der Waals surface area (Å²) in [5, 5.41) is 8.39. The second kappa shape index (κ2) is 7.62. The number of carbonyl (C=O) groups is 3. The fourth-order valence-corrected chi connectivity index (χ4v) is 0.868. The van der Waals surface area contributed by atoms with Crippen LogP contribution in [-0.2, 0) is 24.2 Å². The van der Waals surface area contributed by atoms with Gasteiger partial charge in [-0.2, -0.15) is 0 Å². The van der Waals surface area contributed by atoms with Crippen LogP contribution < -0.4 is 11.5 Å². The third-order valence-corrected chi connectivity index (χ3v) is 2.17. The molecule has 0 rings (SSSR count). The van der Waals surface area contributed by atoms with E-state index in [4.69, 9.17) is 16.6 Å². The maximum Gasteiger partial charge on any atom is 0.372 e. The molecule has 2 atom stereocenters. The lowest BCUT2D eigenvalue weighted by atomic mass is 10.1. The lowest BCUT2D eigenvalue weighted by Gasteiger charge is -2.13. The zero-order chi connectivity index (χ0) is 14.3. The molecular formula is C10H18N2O6. The van der Waals surface area contributed by atoms with Crippen LogP contribution in [0, 0.1) is 5.92 Å². The topological polar surface area (TPSA) is 142 Å². The number of carboxylic acid groups (broad SMARTS) is 1. The molecule has 0 radical (unpaired) electrons. The van der Waals surface area contributed by atoms with Gasteiger partial charge in [0.15, 0.2) is 0 Å². The molecule has 0 aromatic carbocycles. The van der Waals surface area contributed by atoms with Crippen LogP contribution >= 0.6 is 0 Å². The van der Waals surface area contributed by atoms with E-state index in [2.05, 4.69) is 9.78 Å². The van der Waals surface area contributed by atoms with Gasteiger partial charge < -0.3 is 16.6 Å². The summed E-state index contributed by atoms with van der Waals surface area (Å²) in [5.41, 5.74) is 10.8. The van der Waals surface area contributed by atoms with Gasteiger partial charge in [0, 0.05) is 6.42 Å². The average Bonchev–Trinajstić information content (AvgIpc) is 2.30. The first kappa shape index (κ1) is 16.3. The van der Waals surface area contributed by atoms with Gasteiger partial charge in [0.25, 0.3) is 0 Å². The molecule has 0 heterocycles. The molecule has 5 N–H and O–H groups in total. The number of aliphatic carboxylic acids is 1. The minimum absolute atomic E-state index is 0.109. The quantitative estimate of drug-likeness (QED) is 0.415. The van der Waals surface area contributed by atoms with Crippen LogP contribution in [0.25, 0.3) is 0 Å². The molecule has 0 aromatic heterocycles. The van der Waals surface area contributed by atoms with Gasteiger partial charge in [0.1, 0.15) is 12.1 Å². The van der Waals surface area contributed by atoms with Crippen molar-refractivity contribution in [2.45, 2.75) is 38.8 Å². The van der Waals surface area contributed by atoms with Gasteiger partial charge in [-0.05, 0) is 12.3 Å². The van der Waals surface area contributed by atoms with E-state index in [1.54, 1.807) is 13.8 Å². The maximum absolute atomic E-state index is 11.2. The van der Waals surface area contributed by atoms with E-state index in [0.717, 1.165) is 0 Å². The molecule has 18 heavy (non-hydrogen) atoms. The molecule has 0 aromatic rings. The lowest BCUT2D eigenvalue weighted by Crippen LogP contribution is -2.39. The molecule has 0 spiro atoms. The number of hydrogen-bond donors (Lipinski definition) is 3. The van der Waals surface area contributed by atoms with Crippen molar-refractivity contribution < 1.29 is 29.3 Å². The van der Waals surface area contributed by atoms with Crippen molar-refractivity contribution in [1.82, 2.24) is 0 Å². The van der Waals surface area contributed by atoms with E-state index < -0.39 is 30.0 Å². The van der Waals surface area contributed by atoms with Crippen LogP contribution in [0.1, 0.15) is 26.7 Å². The van der Waals surface area contributed by atoms with Crippen molar-refractivity contribution >= 4 is 17.9 Å². The Kier molecular flexibility index (Phi) is 6.91. The summed E-state index contributed by atoms with van der Waals surface area (Å²) < 4.78 is 0. The second-order valence-corrected chi connectivity index (χ2v) is 4.11. The van der Waals surface area contributed by atoms with Crippen molar-refractivity contribution in [2.24, 2.45) is 17.4 Å². The number of rotatable bonds is 6. The summed E-state index contributed by atoms with van der Waals surface area (Å²) >= 11 is 0. The Bertz CT molecular complexity index is 317. The highest BCUT2D eigenvalue weighted by Gasteiger charge is 2.24. The fourth-order valence-electron chi connectivity index (χ4n) is 0.868. The molecular weight excluding hydrogens is 244 g/mol. The molecule has 0 bridgehead atoms. The van der Waals surface area contributed by atoms with Gasteiger partial charge in [0.05, 0.1) is 0 Å². The highest BCUT2D eigenvalue weighted by atomic mass is 17.2. The third-order valence-electron chi connectivity index (χ3n) is 2.17. The van der Waals surface area contributed by atoms with Crippen molar-refractivity contribution in [2.75, 3.05) is 0 Å². The Morgan fingerprint density at radius 1 is 1.11 bits per heavy atom. The smallest absolute Gasteiger partial charge is 0.372 e. The van der Waals surface area contributed by atoms with E-state index in [1.807, 2.05) is 0 Å². The van der Waals surface area contributed by atoms with E-state index in [0.29, 0.717) is 0 Å². The van der Waals surface area contributed by atoms with Gasteiger partial charge in [-0.15, -0.1) is 0 Å². The first-order chi connectivity index (χ1) is 8.25. The minimum Gasteiger partial charge on any atom is -0.481 e. The van der Waals surface area contributed by atoms with Crippen LogP contribution in [0.3, 0.4) is 0 Å². The summed E-state index contributed by atoms with van der Waals surface area (Å²) in [7, 11) is 0. The molecule has 0 amide bonds. The van der Waals surface area contributed by atoms with Gasteiger partial charge >= 0.3 is 17.9 Å². The Hall–Kier alpha value is -1.67. The SMILES string of the molecule is CC(C)C(N)C(=O)OOC(=O)[C@H](N)CCC(=O)O. The molecule has 104 valence electrons. The van der Waals surface area contributed by atoms with Crippen molar-refractivity contribution in [3.8, 4) is 0 Å². The normalized spacial score (nSPS) is 13.8. The molecule has 0 aliphatic heterocycles. The van der Waals surface area contributed by atoms with E-state index >= 15 is 0 Å². The fraction of sp³-hybridized carbons (Fsp3) is 0.700. The summed E-state index contributed by atoms with van der Waals surface area (Å²) in [6, 6.07) is -2.07. The number of hydrogen-bond acceptors (Lipinski definition) is 7. The van der Waals surface area contributed by atoms with E-state index in [1.165, 1.54) is 0 Å². The Balaban J connectivity index is 4.02. The highest BCUT2D eigenvalue weighted by Crippen LogP contribution is 2.02. The second-order valence-electron chi connectivity index (χ2n) is 4.11. The Morgan fingerprint density at radius 2 is 1.61 bits per heavy atom. The first-order valence-electron chi connectivity index (χ1n) is 5.40. The standard InChI is InChI=1S/C10H18N2O6/c1-5(2)8(12)10(16)18-17-9(15)6(11)3-4-7(13)14/h5-6,8H,3-4,11-12H2,1-2H3,(H,13,14)/t6-,8?/m1/s1. The molecule has 0 aliphatic rings. The van der Waals surface area contributed by atoms with Crippen molar-refractivity contribution in [3.63, 3.8) is 0 Å². The lowest BCUT2D eigenvalue weighted by molar-refractivity contribution is -0.261. The summed E-state index contributed by atoms with van der Waals surface area (Å²) in [5.74, 6) is -3.15. The summed E-state index contributed by atoms with van der Waals surface area (Å²) in [6.07, 6.45) is -0.391. The number of carbonyl (C=O) groups excluding carboxylic acids is 2. The first-order valence-corrected chi connectivity index (χ1v) is 5.40. The summed E-state index contributed by atoms with van der Waals surface area (Å²) in [6.45, 7) is 3.40. The maximum atomic E-state index is 11.2. The highest BCUT2D eigenvalue weighted by molar-refractivity contribution is 5.79. The monoisotopic (exact) mass is 262 g/mol. The Labute approximate surface area is 104 Å². The molecule has 0 saturated heterocycles. The van der Waals surface area contributed by atoms with Gasteiger partial charge in [-0.1, -0.05) is 13.8 Å². The molecule has 0 fully saturated rings.